The van der Waals surface area contributed by atoms with E-state index in [0.29, 0.717) is 18.5 Å². The van der Waals surface area contributed by atoms with Crippen molar-refractivity contribution < 1.29 is 13.5 Å². The summed E-state index contributed by atoms with van der Waals surface area (Å²) >= 11 is 0. The molecule has 7 heteroatoms. The van der Waals surface area contributed by atoms with Crippen molar-refractivity contribution >= 4 is 35.6 Å². The third kappa shape index (κ3) is 7.25. The van der Waals surface area contributed by atoms with Gasteiger partial charge in [0.2, 0.25) is 0 Å². The van der Waals surface area contributed by atoms with E-state index in [9.17, 15) is 8.78 Å². The third-order valence-corrected chi connectivity index (χ3v) is 3.35. The molecule has 0 aliphatic rings. The first kappa shape index (κ1) is 21.1. The fourth-order valence-corrected chi connectivity index (χ4v) is 2.45. The zero-order valence-corrected chi connectivity index (χ0v) is 16.5. The summed E-state index contributed by atoms with van der Waals surface area (Å²) in [6, 6.07) is 12.7. The van der Waals surface area contributed by atoms with Gasteiger partial charge in [-0.05, 0) is 55.2 Å². The first-order valence-corrected chi connectivity index (χ1v) is 7.62. The number of nitrogens with zero attached hydrogens (tertiary/aromatic N) is 1. The van der Waals surface area contributed by atoms with E-state index in [-0.39, 0.29) is 35.7 Å². The van der Waals surface area contributed by atoms with Crippen LogP contribution in [0.5, 0.6) is 5.75 Å². The first-order chi connectivity index (χ1) is 11.4. The molecule has 0 spiro atoms. The van der Waals surface area contributed by atoms with Gasteiger partial charge in [0.1, 0.15) is 5.75 Å². The molecule has 0 fully saturated rings. The van der Waals surface area contributed by atoms with Crippen molar-refractivity contribution in [3.63, 3.8) is 0 Å². The summed E-state index contributed by atoms with van der Waals surface area (Å²) in [5.74, 6) is 0.454. The molecular formula is C18H22F2IN3O. The molecule has 2 rings (SSSR count). The van der Waals surface area contributed by atoms with Gasteiger partial charge in [0.15, 0.2) is 5.96 Å². The number of alkyl halides is 2. The van der Waals surface area contributed by atoms with E-state index in [0.717, 1.165) is 16.8 Å². The second-order valence-electron chi connectivity index (χ2n) is 5.50. The number of hydrogen-bond donors (Lipinski definition) is 2. The Labute approximate surface area is 163 Å². The van der Waals surface area contributed by atoms with Gasteiger partial charge in [0.05, 0.1) is 0 Å². The van der Waals surface area contributed by atoms with Gasteiger partial charge in [0, 0.05) is 12.2 Å². The van der Waals surface area contributed by atoms with Gasteiger partial charge in [-0.25, -0.2) is 0 Å². The lowest BCUT2D eigenvalue weighted by Gasteiger charge is -2.10. The molecule has 0 aliphatic carbocycles. The molecule has 2 aromatic carbocycles. The number of nitrogens with one attached hydrogen (secondary N) is 1. The van der Waals surface area contributed by atoms with Crippen molar-refractivity contribution in [1.29, 1.82) is 0 Å². The van der Waals surface area contributed by atoms with Crippen LogP contribution in [0.2, 0.25) is 0 Å². The molecule has 2 aromatic rings. The van der Waals surface area contributed by atoms with E-state index >= 15 is 0 Å². The van der Waals surface area contributed by atoms with Crippen LogP contribution in [-0.2, 0) is 6.42 Å². The van der Waals surface area contributed by atoms with Crippen LogP contribution >= 0.6 is 24.0 Å². The van der Waals surface area contributed by atoms with Gasteiger partial charge in [-0.2, -0.15) is 8.78 Å². The topological polar surface area (TPSA) is 59.6 Å². The fourth-order valence-electron chi connectivity index (χ4n) is 2.45. The molecule has 0 atom stereocenters. The Balaban J connectivity index is 0.00000312. The molecule has 4 nitrogen and oxygen atoms in total. The average molecular weight is 461 g/mol. The second kappa shape index (κ2) is 10.2. The monoisotopic (exact) mass is 461 g/mol. The minimum atomic E-state index is -2.84. The summed E-state index contributed by atoms with van der Waals surface area (Å²) in [6.07, 6.45) is 0.456. The van der Waals surface area contributed by atoms with Crippen LogP contribution in [0.25, 0.3) is 0 Å². The van der Waals surface area contributed by atoms with Crippen LogP contribution in [0.1, 0.15) is 16.7 Å². The molecule has 25 heavy (non-hydrogen) atoms. The summed E-state index contributed by atoms with van der Waals surface area (Å²) in [6.45, 7) is 1.54. The largest absolute Gasteiger partial charge is 0.435 e. The van der Waals surface area contributed by atoms with Crippen LogP contribution in [0, 0.1) is 13.8 Å². The Bertz CT molecular complexity index is 703. The highest BCUT2D eigenvalue weighted by Gasteiger charge is 2.08. The number of hydrogen-bond acceptors (Lipinski definition) is 2. The molecule has 0 radical (unpaired) electrons. The zero-order valence-electron chi connectivity index (χ0n) is 14.1. The predicted molar refractivity (Wildman–Crippen MR) is 108 cm³/mol. The highest BCUT2D eigenvalue weighted by Crippen LogP contribution is 2.20. The Hall–Kier alpha value is -1.90. The minimum Gasteiger partial charge on any atom is -0.435 e. The number of halogens is 3. The first-order valence-electron chi connectivity index (χ1n) is 7.62. The Morgan fingerprint density at radius 3 is 2.44 bits per heavy atom. The lowest BCUT2D eigenvalue weighted by Crippen LogP contribution is -2.23. The van der Waals surface area contributed by atoms with Gasteiger partial charge in [0.25, 0.3) is 0 Å². The molecule has 0 bridgehead atoms. The van der Waals surface area contributed by atoms with Crippen molar-refractivity contribution in [1.82, 2.24) is 0 Å². The van der Waals surface area contributed by atoms with Gasteiger partial charge < -0.3 is 15.8 Å². The van der Waals surface area contributed by atoms with E-state index in [2.05, 4.69) is 21.1 Å². The molecule has 136 valence electrons. The Morgan fingerprint density at radius 2 is 1.80 bits per heavy atom. The zero-order chi connectivity index (χ0) is 17.5. The molecule has 0 saturated heterocycles. The van der Waals surface area contributed by atoms with Gasteiger partial charge in [-0.3, -0.25) is 4.99 Å². The summed E-state index contributed by atoms with van der Waals surface area (Å²) in [7, 11) is 0. The lowest BCUT2D eigenvalue weighted by molar-refractivity contribution is -0.0504. The van der Waals surface area contributed by atoms with Crippen LogP contribution in [0.4, 0.5) is 14.5 Å². The van der Waals surface area contributed by atoms with Crippen molar-refractivity contribution in [2.75, 3.05) is 11.9 Å². The molecule has 0 saturated carbocycles. The van der Waals surface area contributed by atoms with Crippen molar-refractivity contribution in [2.45, 2.75) is 26.9 Å². The standard InChI is InChI=1S/C18H21F2N3O.HI/c1-12-9-13(2)11-15(10-12)23-18(21)22-8-7-14-5-3-4-6-16(14)24-17(19)20;/h3-6,9-11,17H,7-8H2,1-2H3,(H3,21,22,23);1H. The van der Waals surface area contributed by atoms with Crippen LogP contribution in [0.3, 0.4) is 0 Å². The summed E-state index contributed by atoms with van der Waals surface area (Å²) in [5, 5.41) is 3.03. The maximum absolute atomic E-state index is 12.4. The van der Waals surface area contributed by atoms with Gasteiger partial charge in [-0.15, -0.1) is 24.0 Å². The number of benzene rings is 2. The molecule has 0 unspecified atom stereocenters. The Kier molecular flexibility index (Phi) is 8.60. The minimum absolute atomic E-state index is 0. The summed E-state index contributed by atoms with van der Waals surface area (Å²) in [4.78, 5) is 4.23. The molecule has 0 amide bonds. The lowest BCUT2D eigenvalue weighted by atomic mass is 10.1. The number of aryl methyl sites for hydroxylation is 2. The number of anilines is 1. The second-order valence-corrected chi connectivity index (χ2v) is 5.50. The van der Waals surface area contributed by atoms with Crippen LogP contribution in [-0.4, -0.2) is 19.1 Å². The van der Waals surface area contributed by atoms with Gasteiger partial charge >= 0.3 is 6.61 Å². The number of para-hydroxylation sites is 1. The number of nitrogens with two attached hydrogens (primary N) is 1. The van der Waals surface area contributed by atoms with E-state index < -0.39 is 6.61 Å². The number of rotatable bonds is 6. The quantitative estimate of drug-likeness (QED) is 0.379. The normalized spacial score (nSPS) is 11.2. The maximum Gasteiger partial charge on any atom is 0.387 e. The highest BCUT2D eigenvalue weighted by molar-refractivity contribution is 14.0. The molecule has 0 aromatic heterocycles. The van der Waals surface area contributed by atoms with Crippen LogP contribution in [0.15, 0.2) is 47.5 Å². The SMILES string of the molecule is Cc1cc(C)cc(NC(N)=NCCc2ccccc2OC(F)F)c1.I. The van der Waals surface area contributed by atoms with Gasteiger partial charge in [-0.1, -0.05) is 24.3 Å². The molecule has 0 aliphatic heterocycles. The summed E-state index contributed by atoms with van der Waals surface area (Å²) in [5.41, 5.74) is 9.67. The number of aliphatic imine (C=N–C) groups is 1. The smallest absolute Gasteiger partial charge is 0.387 e. The Morgan fingerprint density at radius 1 is 1.16 bits per heavy atom. The highest BCUT2D eigenvalue weighted by atomic mass is 127. The van der Waals surface area contributed by atoms with E-state index in [1.165, 1.54) is 6.07 Å². The van der Waals surface area contributed by atoms with E-state index in [1.807, 2.05) is 26.0 Å². The number of ether oxygens (including phenoxy) is 1. The van der Waals surface area contributed by atoms with E-state index in [4.69, 9.17) is 5.73 Å². The molecule has 3 N–H and O–H groups in total. The van der Waals surface area contributed by atoms with Crippen LogP contribution < -0.4 is 15.8 Å². The van der Waals surface area contributed by atoms with Crippen molar-refractivity contribution in [3.8, 4) is 5.75 Å². The predicted octanol–water partition coefficient (Wildman–Crippen LogP) is 4.49. The fraction of sp³-hybridized carbons (Fsp3) is 0.278. The van der Waals surface area contributed by atoms with Crippen molar-refractivity contribution in [2.24, 2.45) is 10.7 Å². The van der Waals surface area contributed by atoms with E-state index in [1.54, 1.807) is 18.2 Å². The average Bonchev–Trinajstić information content (AvgIpc) is 2.47. The third-order valence-electron chi connectivity index (χ3n) is 3.35. The molecule has 0 heterocycles. The number of guanidine groups is 1. The maximum atomic E-state index is 12.4. The molecular weight excluding hydrogens is 439 g/mol. The van der Waals surface area contributed by atoms with Crippen molar-refractivity contribution in [3.05, 3.63) is 59.2 Å². The summed E-state index contributed by atoms with van der Waals surface area (Å²) < 4.78 is 29.3.